The zero-order valence-electron chi connectivity index (χ0n) is 18.7. The molecule has 0 spiro atoms. The summed E-state index contributed by atoms with van der Waals surface area (Å²) in [5, 5.41) is 17.0. The third-order valence-corrected chi connectivity index (χ3v) is 4.98. The van der Waals surface area contributed by atoms with E-state index in [1.165, 1.54) is 5.69 Å². The molecule has 1 heterocycles. The Kier molecular flexibility index (Phi) is 8.35. The summed E-state index contributed by atoms with van der Waals surface area (Å²) in [6, 6.07) is 16.1. The average molecular weight is 423 g/mol. The number of nitrogens with one attached hydrogen (secondary N) is 2. The Bertz CT molecular complexity index is 852. The fourth-order valence-electron chi connectivity index (χ4n) is 3.37. The van der Waals surface area contributed by atoms with Crippen LogP contribution in [0.3, 0.4) is 0 Å². The van der Waals surface area contributed by atoms with Gasteiger partial charge in [0.25, 0.3) is 0 Å². The maximum atomic E-state index is 10.5. The van der Waals surface area contributed by atoms with E-state index in [2.05, 4.69) is 56.9 Å². The van der Waals surface area contributed by atoms with Crippen molar-refractivity contribution in [1.82, 2.24) is 10.6 Å². The molecule has 0 amide bonds. The lowest BCUT2D eigenvalue weighted by atomic mass is 10.1. The minimum Gasteiger partial charge on any atom is -0.491 e. The molecule has 2 aromatic rings. The summed E-state index contributed by atoms with van der Waals surface area (Å²) in [6.07, 6.45) is 3.87. The predicted molar refractivity (Wildman–Crippen MR) is 128 cm³/mol. The summed E-state index contributed by atoms with van der Waals surface area (Å²) in [4.78, 5) is 6.98. The topological polar surface area (TPSA) is 69.1 Å². The van der Waals surface area contributed by atoms with E-state index in [1.807, 2.05) is 45.0 Å². The van der Waals surface area contributed by atoms with Crippen LogP contribution in [0.4, 0.5) is 5.69 Å². The molecule has 0 radical (unpaired) electrons. The number of ether oxygens (including phenoxy) is 1. The zero-order valence-corrected chi connectivity index (χ0v) is 18.7. The molecule has 3 rings (SSSR count). The van der Waals surface area contributed by atoms with Crippen LogP contribution in [-0.4, -0.2) is 43.3 Å². The molecule has 3 N–H and O–H groups in total. The predicted octanol–water partition coefficient (Wildman–Crippen LogP) is 3.64. The summed E-state index contributed by atoms with van der Waals surface area (Å²) >= 11 is 0. The van der Waals surface area contributed by atoms with E-state index < -0.39 is 6.10 Å². The normalized spacial score (nSPS) is 14.7. The Balaban J connectivity index is 1.53. The van der Waals surface area contributed by atoms with Crippen LogP contribution in [0.15, 0.2) is 65.7 Å². The van der Waals surface area contributed by atoms with Crippen molar-refractivity contribution < 1.29 is 9.84 Å². The van der Waals surface area contributed by atoms with Gasteiger partial charge in [-0.3, -0.25) is 0 Å². The summed E-state index contributed by atoms with van der Waals surface area (Å²) in [5.74, 6) is 1.50. The summed E-state index contributed by atoms with van der Waals surface area (Å²) < 4.78 is 5.66. The third-order valence-electron chi connectivity index (χ3n) is 4.98. The van der Waals surface area contributed by atoms with Gasteiger partial charge >= 0.3 is 0 Å². The van der Waals surface area contributed by atoms with Crippen LogP contribution >= 0.6 is 0 Å². The molecule has 0 saturated heterocycles. The Hall–Kier alpha value is -2.99. The van der Waals surface area contributed by atoms with Gasteiger partial charge in [0.05, 0.1) is 18.8 Å². The van der Waals surface area contributed by atoms with E-state index in [4.69, 9.17) is 4.74 Å². The van der Waals surface area contributed by atoms with E-state index in [1.54, 1.807) is 0 Å². The van der Waals surface area contributed by atoms with Crippen molar-refractivity contribution in [2.24, 2.45) is 4.99 Å². The standard InChI is InChI=1S/C25H34N4O2/c1-4-26-25(27-17-20-7-11-22(12-8-20)29-15-5-6-16-29)28-18-24(30)21-9-13-23(14-10-21)31-19(2)3/h5-14,19,24,30H,4,15-18H2,1-3H3,(H2,26,27,28). The highest BCUT2D eigenvalue weighted by molar-refractivity contribution is 5.79. The van der Waals surface area contributed by atoms with Crippen molar-refractivity contribution in [3.05, 3.63) is 71.8 Å². The SMILES string of the molecule is CCNC(=NCc1ccc(N2CC=CC2)cc1)NCC(O)c1ccc(OC(C)C)cc1. The number of aliphatic imine (C=N–C) groups is 1. The summed E-state index contributed by atoms with van der Waals surface area (Å²) in [5.41, 5.74) is 3.22. The number of hydrogen-bond acceptors (Lipinski definition) is 4. The molecule has 0 saturated carbocycles. The smallest absolute Gasteiger partial charge is 0.191 e. The van der Waals surface area contributed by atoms with Crippen LogP contribution < -0.4 is 20.3 Å². The number of rotatable bonds is 9. The highest BCUT2D eigenvalue weighted by atomic mass is 16.5. The Labute approximate surface area is 185 Å². The molecule has 166 valence electrons. The first-order chi connectivity index (χ1) is 15.0. The Morgan fingerprint density at radius 2 is 1.71 bits per heavy atom. The molecule has 6 nitrogen and oxygen atoms in total. The van der Waals surface area contributed by atoms with Gasteiger partial charge < -0.3 is 25.4 Å². The van der Waals surface area contributed by atoms with Crippen molar-refractivity contribution >= 4 is 11.6 Å². The largest absolute Gasteiger partial charge is 0.491 e. The molecule has 6 heteroatoms. The zero-order chi connectivity index (χ0) is 22.1. The molecule has 2 aromatic carbocycles. The van der Waals surface area contributed by atoms with Crippen LogP contribution in [0, 0.1) is 0 Å². The van der Waals surface area contributed by atoms with Crippen molar-refractivity contribution in [3.8, 4) is 5.75 Å². The van der Waals surface area contributed by atoms with Crippen molar-refractivity contribution in [1.29, 1.82) is 0 Å². The maximum absolute atomic E-state index is 10.5. The number of nitrogens with zero attached hydrogens (tertiary/aromatic N) is 2. The molecular weight excluding hydrogens is 388 g/mol. The Morgan fingerprint density at radius 3 is 2.32 bits per heavy atom. The summed E-state index contributed by atoms with van der Waals surface area (Å²) in [6.45, 7) is 9.66. The van der Waals surface area contributed by atoms with Crippen molar-refractivity contribution in [2.45, 2.75) is 39.5 Å². The van der Waals surface area contributed by atoms with E-state index in [-0.39, 0.29) is 6.10 Å². The van der Waals surface area contributed by atoms with Gasteiger partial charge in [0.15, 0.2) is 5.96 Å². The van der Waals surface area contributed by atoms with Gasteiger partial charge in [0.1, 0.15) is 5.75 Å². The Morgan fingerprint density at radius 1 is 1.03 bits per heavy atom. The summed E-state index contributed by atoms with van der Waals surface area (Å²) in [7, 11) is 0. The fraction of sp³-hybridized carbons (Fsp3) is 0.400. The van der Waals surface area contributed by atoms with E-state index in [9.17, 15) is 5.11 Å². The van der Waals surface area contributed by atoms with Gasteiger partial charge in [-0.15, -0.1) is 0 Å². The van der Waals surface area contributed by atoms with Gasteiger partial charge in [-0.25, -0.2) is 4.99 Å². The lowest BCUT2D eigenvalue weighted by Gasteiger charge is -2.18. The monoisotopic (exact) mass is 422 g/mol. The van der Waals surface area contributed by atoms with Crippen molar-refractivity contribution in [3.63, 3.8) is 0 Å². The first-order valence-corrected chi connectivity index (χ1v) is 11.0. The number of benzene rings is 2. The van der Waals surface area contributed by atoms with Crippen LogP contribution in [0.1, 0.15) is 38.0 Å². The van der Waals surface area contributed by atoms with Crippen LogP contribution in [-0.2, 0) is 6.54 Å². The number of hydrogen-bond donors (Lipinski definition) is 3. The quantitative estimate of drug-likeness (QED) is 0.327. The second-order valence-corrected chi connectivity index (χ2v) is 7.87. The molecular formula is C25H34N4O2. The number of aliphatic hydroxyl groups excluding tert-OH is 1. The highest BCUT2D eigenvalue weighted by Gasteiger charge is 2.10. The van der Waals surface area contributed by atoms with E-state index >= 15 is 0 Å². The van der Waals surface area contributed by atoms with E-state index in [0.29, 0.717) is 19.0 Å². The molecule has 0 aromatic heterocycles. The molecule has 0 aliphatic carbocycles. The van der Waals surface area contributed by atoms with Crippen LogP contribution in [0.25, 0.3) is 0 Å². The molecule has 1 aliphatic rings. The van der Waals surface area contributed by atoms with Gasteiger partial charge in [-0.05, 0) is 56.2 Å². The fourth-order valence-corrected chi connectivity index (χ4v) is 3.37. The molecule has 1 unspecified atom stereocenters. The number of guanidine groups is 1. The number of aliphatic hydroxyl groups is 1. The van der Waals surface area contributed by atoms with Gasteiger partial charge in [0, 0.05) is 31.9 Å². The molecule has 1 aliphatic heterocycles. The second kappa shape index (κ2) is 11.4. The van der Waals surface area contributed by atoms with Gasteiger partial charge in [-0.2, -0.15) is 0 Å². The lowest BCUT2D eigenvalue weighted by Crippen LogP contribution is -2.39. The second-order valence-electron chi connectivity index (χ2n) is 7.87. The van der Waals surface area contributed by atoms with Crippen LogP contribution in [0.5, 0.6) is 5.75 Å². The van der Waals surface area contributed by atoms with Gasteiger partial charge in [0.2, 0.25) is 0 Å². The van der Waals surface area contributed by atoms with Gasteiger partial charge in [-0.1, -0.05) is 36.4 Å². The molecule has 1 atom stereocenters. The number of anilines is 1. The lowest BCUT2D eigenvalue weighted by molar-refractivity contribution is 0.180. The highest BCUT2D eigenvalue weighted by Crippen LogP contribution is 2.19. The molecule has 0 bridgehead atoms. The van der Waals surface area contributed by atoms with Crippen molar-refractivity contribution in [2.75, 3.05) is 31.1 Å². The first kappa shape index (κ1) is 22.7. The molecule has 0 fully saturated rings. The van der Waals surface area contributed by atoms with E-state index in [0.717, 1.165) is 36.5 Å². The minimum atomic E-state index is -0.634. The maximum Gasteiger partial charge on any atom is 0.191 e. The average Bonchev–Trinajstić information content (AvgIpc) is 3.31. The molecule has 31 heavy (non-hydrogen) atoms. The third kappa shape index (κ3) is 7.03. The van der Waals surface area contributed by atoms with Crippen LogP contribution in [0.2, 0.25) is 0 Å². The minimum absolute atomic E-state index is 0.129. The first-order valence-electron chi connectivity index (χ1n) is 11.0.